The van der Waals surface area contributed by atoms with E-state index < -0.39 is 36.3 Å². The monoisotopic (exact) mass is 564 g/mol. The van der Waals surface area contributed by atoms with E-state index >= 15 is 0 Å². The summed E-state index contributed by atoms with van der Waals surface area (Å²) in [5, 5.41) is 19.7. The van der Waals surface area contributed by atoms with Crippen LogP contribution >= 0.6 is 0 Å². The van der Waals surface area contributed by atoms with Gasteiger partial charge in [-0.3, -0.25) is 0 Å². The van der Waals surface area contributed by atoms with E-state index in [9.17, 15) is 27.6 Å². The summed E-state index contributed by atoms with van der Waals surface area (Å²) in [7, 11) is -3.02. The second-order valence-corrected chi connectivity index (χ2v) is 8.66. The third-order valence-corrected chi connectivity index (χ3v) is 5.42. The normalized spacial score (nSPS) is 10.3. The lowest BCUT2D eigenvalue weighted by Crippen LogP contribution is -2.50. The molecule has 0 fully saturated rings. The summed E-state index contributed by atoms with van der Waals surface area (Å²) in [6.45, 7) is 37.7. The van der Waals surface area contributed by atoms with Gasteiger partial charge in [-0.25, -0.2) is 13.2 Å². The molecule has 0 radical (unpaired) electrons. The Morgan fingerprint density at radius 3 is 1.05 bits per heavy atom. The summed E-state index contributed by atoms with van der Waals surface area (Å²) in [5.41, 5.74) is 0. The van der Waals surface area contributed by atoms with Crippen molar-refractivity contribution in [3.63, 3.8) is 0 Å². The second kappa shape index (κ2) is 21.4. The number of hydrogen-bond acceptors (Lipinski definition) is 3. The van der Waals surface area contributed by atoms with Crippen molar-refractivity contribution in [2.24, 2.45) is 0 Å². The molecule has 0 atom stereocenters. The first-order valence-electron chi connectivity index (χ1n) is 12.3. The van der Waals surface area contributed by atoms with Gasteiger partial charge >= 0.3 is 0 Å². The van der Waals surface area contributed by atoms with Crippen LogP contribution in [0.4, 0.5) is 17.6 Å². The molecular formula is C30H41BF4N2O3. The minimum absolute atomic E-state index is 0.0316. The zero-order chi connectivity index (χ0) is 31.2. The molecule has 40 heavy (non-hydrogen) atoms. The first-order chi connectivity index (χ1) is 18.9. The van der Waals surface area contributed by atoms with Crippen LogP contribution in [-0.4, -0.2) is 68.6 Å². The van der Waals surface area contributed by atoms with E-state index in [2.05, 4.69) is 57.3 Å². The van der Waals surface area contributed by atoms with Crippen molar-refractivity contribution in [1.82, 2.24) is 0 Å². The lowest BCUT2D eigenvalue weighted by atomic mass is 10.2. The Bertz CT molecular complexity index is 865. The maximum Gasteiger partial charge on any atom is 0.204 e. The topological polar surface area (TPSA) is 55.3 Å². The fraction of sp³-hybridized carbons (Fsp3) is 0.267. The lowest BCUT2D eigenvalue weighted by Gasteiger charge is -2.35. The Labute approximate surface area is 237 Å². The highest BCUT2D eigenvalue weighted by atomic mass is 19.2. The van der Waals surface area contributed by atoms with Crippen LogP contribution in [0, 0.1) is 23.3 Å². The standard InChI is InChI=1S/2C12H20N.C6HBF4O3/c2*1-5-9-13(10-6-2,11-7-3)12-8-4;8-2-1-3(9)6(14-7(12)13)5(11)4(2)10/h2*5-8H,1-4,9-12H2;1H/q2*+1;-2. The van der Waals surface area contributed by atoms with Gasteiger partial charge in [0.1, 0.15) is 7.32 Å². The molecule has 0 saturated carbocycles. The van der Waals surface area contributed by atoms with Crippen LogP contribution in [0.5, 0.6) is 5.75 Å². The van der Waals surface area contributed by atoms with Gasteiger partial charge in [0.25, 0.3) is 0 Å². The SMILES string of the molecule is C=CC[N+](CC=C)(CC=C)CC=C.C=CC[N+](CC=C)(CC=C)CC=C.[O-]B([O-])Oc1c(F)cc(F)c(F)c1F. The Morgan fingerprint density at radius 1 is 0.550 bits per heavy atom. The first-order valence-corrected chi connectivity index (χ1v) is 12.3. The molecule has 0 amide bonds. The molecule has 0 heterocycles. The quantitative estimate of drug-likeness (QED) is 0.0663. The molecule has 0 aliphatic carbocycles. The van der Waals surface area contributed by atoms with Crippen LogP contribution in [0.2, 0.25) is 0 Å². The number of rotatable bonds is 18. The average Bonchev–Trinajstić information content (AvgIpc) is 2.87. The molecular weight excluding hydrogens is 523 g/mol. The van der Waals surface area contributed by atoms with Crippen molar-refractivity contribution in [2.75, 3.05) is 52.4 Å². The van der Waals surface area contributed by atoms with Gasteiger partial charge in [-0.1, -0.05) is 52.6 Å². The minimum atomic E-state index is -3.02. The molecule has 1 aromatic carbocycles. The first kappa shape index (κ1) is 38.7. The summed E-state index contributed by atoms with van der Waals surface area (Å²) in [6, 6.07) is -0.0316. The maximum atomic E-state index is 12.6. The zero-order valence-electron chi connectivity index (χ0n) is 23.2. The van der Waals surface area contributed by atoms with Crippen LogP contribution in [0.3, 0.4) is 0 Å². The molecule has 0 N–H and O–H groups in total. The molecule has 10 heteroatoms. The van der Waals surface area contributed by atoms with Gasteiger partial charge in [0.05, 0.1) is 52.4 Å². The minimum Gasteiger partial charge on any atom is -0.860 e. The average molecular weight is 564 g/mol. The maximum absolute atomic E-state index is 12.6. The molecule has 220 valence electrons. The van der Waals surface area contributed by atoms with Gasteiger partial charge in [0.2, 0.25) is 5.82 Å². The van der Waals surface area contributed by atoms with Gasteiger partial charge < -0.3 is 23.7 Å². The van der Waals surface area contributed by atoms with E-state index in [1.54, 1.807) is 0 Å². The fourth-order valence-electron chi connectivity index (χ4n) is 3.84. The molecule has 0 spiro atoms. The molecule has 0 aromatic heterocycles. The smallest absolute Gasteiger partial charge is 0.204 e. The molecule has 1 rings (SSSR count). The highest BCUT2D eigenvalue weighted by Crippen LogP contribution is 2.25. The number of halogens is 4. The zero-order valence-corrected chi connectivity index (χ0v) is 23.2. The van der Waals surface area contributed by atoms with Gasteiger partial charge in [0, 0.05) is 6.07 Å². The van der Waals surface area contributed by atoms with Crippen LogP contribution in [-0.2, 0) is 0 Å². The Kier molecular flexibility index (Phi) is 20.7. The molecule has 0 aliphatic heterocycles. The van der Waals surface area contributed by atoms with Crippen LogP contribution in [0.1, 0.15) is 0 Å². The number of benzene rings is 1. The van der Waals surface area contributed by atoms with Crippen LogP contribution in [0.15, 0.2) is 107 Å². The summed E-state index contributed by atoms with van der Waals surface area (Å²) >= 11 is 0. The van der Waals surface area contributed by atoms with E-state index in [4.69, 9.17) is 0 Å². The van der Waals surface area contributed by atoms with E-state index in [1.807, 2.05) is 48.6 Å². The molecule has 5 nitrogen and oxygen atoms in total. The van der Waals surface area contributed by atoms with Crippen LogP contribution < -0.4 is 14.7 Å². The van der Waals surface area contributed by atoms with Gasteiger partial charge in [-0.2, -0.15) is 4.39 Å². The van der Waals surface area contributed by atoms with E-state index in [0.29, 0.717) is 0 Å². The van der Waals surface area contributed by atoms with Crippen molar-refractivity contribution < 1.29 is 41.2 Å². The number of hydrogen-bond donors (Lipinski definition) is 0. The van der Waals surface area contributed by atoms with Gasteiger partial charge in [-0.15, -0.1) is 0 Å². The molecule has 0 saturated heterocycles. The summed E-state index contributed by atoms with van der Waals surface area (Å²) in [5.74, 6) is -9.00. The Balaban J connectivity index is 0. The third kappa shape index (κ3) is 14.1. The predicted molar refractivity (Wildman–Crippen MR) is 154 cm³/mol. The highest BCUT2D eigenvalue weighted by molar-refractivity contribution is 6.29. The third-order valence-electron chi connectivity index (χ3n) is 5.42. The summed E-state index contributed by atoms with van der Waals surface area (Å²) in [6.07, 6.45) is 15.5. The van der Waals surface area contributed by atoms with Crippen molar-refractivity contribution in [3.8, 4) is 5.75 Å². The van der Waals surface area contributed by atoms with Crippen molar-refractivity contribution >= 4 is 7.32 Å². The Morgan fingerprint density at radius 2 is 0.825 bits per heavy atom. The second-order valence-electron chi connectivity index (χ2n) is 8.66. The van der Waals surface area contributed by atoms with Gasteiger partial charge in [0.15, 0.2) is 23.2 Å². The Hall–Kier alpha value is -3.44. The highest BCUT2D eigenvalue weighted by Gasteiger charge is 2.21. The van der Waals surface area contributed by atoms with Gasteiger partial charge in [-0.05, 0) is 48.6 Å². The van der Waals surface area contributed by atoms with E-state index in [0.717, 1.165) is 61.3 Å². The van der Waals surface area contributed by atoms with Crippen molar-refractivity contribution in [1.29, 1.82) is 0 Å². The summed E-state index contributed by atoms with van der Waals surface area (Å²) in [4.78, 5) is 0. The lowest BCUT2D eigenvalue weighted by molar-refractivity contribution is -0.906. The number of nitrogens with zero attached hydrogens (tertiary/aromatic N) is 2. The largest absolute Gasteiger partial charge is 0.860 e. The van der Waals surface area contributed by atoms with Crippen LogP contribution in [0.25, 0.3) is 0 Å². The fourth-order valence-corrected chi connectivity index (χ4v) is 3.84. The van der Waals surface area contributed by atoms with Crippen molar-refractivity contribution in [2.45, 2.75) is 0 Å². The summed E-state index contributed by atoms with van der Waals surface area (Å²) < 4.78 is 55.3. The predicted octanol–water partition coefficient (Wildman–Crippen LogP) is 4.42. The molecule has 0 aliphatic rings. The molecule has 0 bridgehead atoms. The molecule has 0 unspecified atom stereocenters. The van der Waals surface area contributed by atoms with E-state index in [1.165, 1.54) is 0 Å². The van der Waals surface area contributed by atoms with Crippen molar-refractivity contribution in [3.05, 3.63) is 131 Å². The number of quaternary nitrogens is 2. The van der Waals surface area contributed by atoms with E-state index in [-0.39, 0.29) is 6.07 Å². The molecule has 1 aromatic rings.